The van der Waals surface area contributed by atoms with Crippen LogP contribution >= 0.6 is 11.9 Å². The van der Waals surface area contributed by atoms with Gasteiger partial charge in [0.1, 0.15) is 4.90 Å². The lowest BCUT2D eigenvalue weighted by Gasteiger charge is -2.17. The molecule has 2 rings (SSSR count). The van der Waals surface area contributed by atoms with Crippen LogP contribution in [0, 0.1) is 29.1 Å². The van der Waals surface area contributed by atoms with Gasteiger partial charge in [0.25, 0.3) is 0 Å². The van der Waals surface area contributed by atoms with E-state index in [1.165, 1.54) is 11.4 Å². The zero-order chi connectivity index (χ0) is 18.7. The van der Waals surface area contributed by atoms with Crippen LogP contribution in [-0.4, -0.2) is 18.4 Å². The molecule has 0 radical (unpaired) electrons. The van der Waals surface area contributed by atoms with E-state index in [2.05, 4.69) is 11.9 Å². The van der Waals surface area contributed by atoms with E-state index in [0.29, 0.717) is 11.9 Å². The van der Waals surface area contributed by atoms with E-state index in [1.807, 2.05) is 12.1 Å². The summed E-state index contributed by atoms with van der Waals surface area (Å²) in [5.41, 5.74) is 2.41. The standard InChI is InChI=1S/C17H15F5N2S/c1-9(23-2)11-6-4-10(5-7-11)8-24(3)25-17-15(21)13(19)12(18)14(20)16(17)22/h4-7,23H,1,8H2,2-3H3. The van der Waals surface area contributed by atoms with E-state index in [0.717, 1.165) is 16.8 Å². The fourth-order valence-corrected chi connectivity index (χ4v) is 2.93. The molecule has 0 amide bonds. The van der Waals surface area contributed by atoms with Crippen molar-refractivity contribution in [2.24, 2.45) is 0 Å². The number of halogens is 5. The fourth-order valence-electron chi connectivity index (χ4n) is 2.07. The van der Waals surface area contributed by atoms with E-state index >= 15 is 0 Å². The lowest BCUT2D eigenvalue weighted by atomic mass is 10.1. The molecule has 0 aromatic heterocycles. The zero-order valence-corrected chi connectivity index (χ0v) is 14.3. The van der Waals surface area contributed by atoms with Crippen molar-refractivity contribution in [2.45, 2.75) is 11.4 Å². The Labute approximate surface area is 146 Å². The Morgan fingerprint density at radius 2 is 1.44 bits per heavy atom. The molecular formula is C17H15F5N2S. The first kappa shape index (κ1) is 19.3. The van der Waals surface area contributed by atoms with Gasteiger partial charge in [-0.25, -0.2) is 26.3 Å². The second-order valence-electron chi connectivity index (χ2n) is 5.20. The lowest BCUT2D eigenvalue weighted by Crippen LogP contribution is -2.12. The summed E-state index contributed by atoms with van der Waals surface area (Å²) in [4.78, 5) is -0.931. The molecule has 0 saturated heterocycles. The Balaban J connectivity index is 2.16. The maximum absolute atomic E-state index is 13.7. The van der Waals surface area contributed by atoms with Crippen LogP contribution in [0.1, 0.15) is 11.1 Å². The number of benzene rings is 2. The summed E-state index contributed by atoms with van der Waals surface area (Å²) in [7, 11) is 3.23. The lowest BCUT2D eigenvalue weighted by molar-refractivity contribution is 0.359. The van der Waals surface area contributed by atoms with Crippen LogP contribution in [0.5, 0.6) is 0 Å². The van der Waals surface area contributed by atoms with Gasteiger partial charge in [-0.3, -0.25) is 0 Å². The average molecular weight is 374 g/mol. The van der Waals surface area contributed by atoms with Gasteiger partial charge in [-0.1, -0.05) is 30.8 Å². The van der Waals surface area contributed by atoms with Crippen molar-refractivity contribution in [1.29, 1.82) is 0 Å². The smallest absolute Gasteiger partial charge is 0.200 e. The minimum Gasteiger partial charge on any atom is -0.388 e. The van der Waals surface area contributed by atoms with Crippen molar-refractivity contribution < 1.29 is 22.0 Å². The van der Waals surface area contributed by atoms with E-state index < -0.39 is 34.0 Å². The summed E-state index contributed by atoms with van der Waals surface area (Å²) in [5.74, 6) is -9.75. The number of nitrogens with zero attached hydrogens (tertiary/aromatic N) is 1. The molecule has 0 atom stereocenters. The highest BCUT2D eigenvalue weighted by Gasteiger charge is 2.27. The first-order valence-electron chi connectivity index (χ1n) is 7.12. The Kier molecular flexibility index (Phi) is 6.07. The summed E-state index contributed by atoms with van der Waals surface area (Å²) >= 11 is 0.450. The van der Waals surface area contributed by atoms with Gasteiger partial charge in [0.05, 0.1) is 0 Å². The van der Waals surface area contributed by atoms with Crippen LogP contribution in [0.2, 0.25) is 0 Å². The van der Waals surface area contributed by atoms with Gasteiger partial charge < -0.3 is 5.32 Å². The maximum Gasteiger partial charge on any atom is 0.200 e. The predicted molar refractivity (Wildman–Crippen MR) is 88.1 cm³/mol. The third-order valence-electron chi connectivity index (χ3n) is 3.43. The van der Waals surface area contributed by atoms with E-state index in [9.17, 15) is 22.0 Å². The molecule has 2 aromatic carbocycles. The highest BCUT2D eigenvalue weighted by molar-refractivity contribution is 7.97. The molecule has 8 heteroatoms. The molecule has 1 N–H and O–H groups in total. The predicted octanol–water partition coefficient (Wildman–Crippen LogP) is 4.71. The molecule has 0 heterocycles. The minimum atomic E-state index is -2.16. The maximum atomic E-state index is 13.7. The monoisotopic (exact) mass is 374 g/mol. The molecule has 0 aliphatic heterocycles. The summed E-state index contributed by atoms with van der Waals surface area (Å²) in [6.07, 6.45) is 0. The van der Waals surface area contributed by atoms with Gasteiger partial charge >= 0.3 is 0 Å². The fraction of sp³-hybridized carbons (Fsp3) is 0.176. The van der Waals surface area contributed by atoms with Crippen LogP contribution in [0.4, 0.5) is 22.0 Å². The molecule has 0 spiro atoms. The van der Waals surface area contributed by atoms with Gasteiger partial charge in [0.2, 0.25) is 5.82 Å². The van der Waals surface area contributed by atoms with Crippen molar-refractivity contribution in [2.75, 3.05) is 14.1 Å². The van der Waals surface area contributed by atoms with Crippen molar-refractivity contribution >= 4 is 17.6 Å². The molecule has 0 fully saturated rings. The second-order valence-corrected chi connectivity index (χ2v) is 6.42. The van der Waals surface area contributed by atoms with Gasteiger partial charge in [-0.05, 0) is 30.1 Å². The molecule has 2 aromatic rings. The highest BCUT2D eigenvalue weighted by Crippen LogP contribution is 2.33. The Hall–Kier alpha value is -2.06. The molecule has 0 unspecified atom stereocenters. The van der Waals surface area contributed by atoms with E-state index in [1.54, 1.807) is 19.2 Å². The molecule has 134 valence electrons. The topological polar surface area (TPSA) is 15.3 Å². The van der Waals surface area contributed by atoms with Crippen LogP contribution in [0.15, 0.2) is 35.7 Å². The SMILES string of the molecule is C=C(NC)c1ccc(CN(C)Sc2c(F)c(F)c(F)c(F)c2F)cc1. The molecule has 0 bridgehead atoms. The largest absolute Gasteiger partial charge is 0.388 e. The van der Waals surface area contributed by atoms with Crippen molar-refractivity contribution in [3.05, 3.63) is 71.1 Å². The Morgan fingerprint density at radius 1 is 0.960 bits per heavy atom. The third-order valence-corrected chi connectivity index (χ3v) is 4.41. The average Bonchev–Trinajstić information content (AvgIpc) is 2.62. The van der Waals surface area contributed by atoms with Crippen LogP contribution in [0.3, 0.4) is 0 Å². The number of nitrogens with one attached hydrogen (secondary N) is 1. The van der Waals surface area contributed by atoms with Crippen molar-refractivity contribution in [1.82, 2.24) is 9.62 Å². The molecular weight excluding hydrogens is 359 g/mol. The van der Waals surface area contributed by atoms with Crippen LogP contribution in [0.25, 0.3) is 5.70 Å². The van der Waals surface area contributed by atoms with Crippen molar-refractivity contribution in [3.63, 3.8) is 0 Å². The summed E-state index contributed by atoms with van der Waals surface area (Å²) < 4.78 is 68.3. The molecule has 0 saturated carbocycles. The first-order valence-corrected chi connectivity index (χ1v) is 7.90. The molecule has 0 aliphatic carbocycles. The van der Waals surface area contributed by atoms with E-state index in [4.69, 9.17) is 0 Å². The normalized spacial score (nSPS) is 11.0. The summed E-state index contributed by atoms with van der Waals surface area (Å²) in [6, 6.07) is 7.19. The Morgan fingerprint density at radius 3 is 1.92 bits per heavy atom. The van der Waals surface area contributed by atoms with Gasteiger partial charge in [-0.2, -0.15) is 0 Å². The number of hydrogen-bond donors (Lipinski definition) is 1. The number of hydrogen-bond acceptors (Lipinski definition) is 3. The molecule has 25 heavy (non-hydrogen) atoms. The third kappa shape index (κ3) is 4.13. The second kappa shape index (κ2) is 7.88. The number of rotatable bonds is 6. The zero-order valence-electron chi connectivity index (χ0n) is 13.5. The van der Waals surface area contributed by atoms with Crippen molar-refractivity contribution in [3.8, 4) is 0 Å². The highest BCUT2D eigenvalue weighted by atomic mass is 32.2. The van der Waals surface area contributed by atoms with Gasteiger partial charge in [-0.15, -0.1) is 0 Å². The Bertz CT molecular complexity index is 764. The molecule has 2 nitrogen and oxygen atoms in total. The quantitative estimate of drug-likeness (QED) is 0.341. The van der Waals surface area contributed by atoms with Crippen LogP contribution < -0.4 is 5.32 Å². The van der Waals surface area contributed by atoms with Gasteiger partial charge in [0, 0.05) is 19.3 Å². The first-order chi connectivity index (χ1) is 11.8. The summed E-state index contributed by atoms with van der Waals surface area (Å²) in [5, 5.41) is 2.91. The summed E-state index contributed by atoms with van der Waals surface area (Å²) in [6.45, 7) is 4.05. The van der Waals surface area contributed by atoms with E-state index in [-0.39, 0.29) is 6.54 Å². The minimum absolute atomic E-state index is 0.233. The molecule has 0 aliphatic rings. The van der Waals surface area contributed by atoms with Gasteiger partial charge in [0.15, 0.2) is 23.3 Å². The van der Waals surface area contributed by atoms with Crippen LogP contribution in [-0.2, 0) is 6.54 Å².